The van der Waals surface area contributed by atoms with E-state index in [1.807, 2.05) is 18.2 Å². The van der Waals surface area contributed by atoms with Crippen molar-refractivity contribution in [3.8, 4) is 0 Å². The largest absolute Gasteiger partial charge is 4.00 e. The number of hydrogen-bond donors (Lipinski definition) is 0. The van der Waals surface area contributed by atoms with Crippen LogP contribution in [0.15, 0.2) is 219 Å². The number of pyridine rings is 1. The second-order valence-electron chi connectivity index (χ2n) is 11.9. The first-order chi connectivity index (χ1) is 29.9. The van der Waals surface area contributed by atoms with Crippen molar-refractivity contribution in [3.05, 3.63) is 278 Å². The number of ether oxygens (including phenoxy) is 4. The molecule has 0 spiro atoms. The van der Waals surface area contributed by atoms with Crippen LogP contribution < -0.4 is 15.9 Å². The fourth-order valence-corrected chi connectivity index (χ4v) is 7.09. The van der Waals surface area contributed by atoms with Crippen LogP contribution in [0.4, 0.5) is 0 Å². The Hall–Kier alpha value is -5.71. The number of hydrogen-bond acceptors (Lipinski definition) is 9. The maximum absolute atomic E-state index is 10.3. The van der Waals surface area contributed by atoms with Gasteiger partial charge in [0.05, 0.1) is 36.4 Å². The third kappa shape index (κ3) is 50.5. The predicted molar refractivity (Wildman–Crippen MR) is 302 cm³/mol. The minimum atomic E-state index is -0.877. The molecule has 0 fully saturated rings. The first kappa shape index (κ1) is 88.3. The molecule has 2 aliphatic rings. The van der Waals surface area contributed by atoms with Crippen LogP contribution in [0.1, 0.15) is 25.7 Å². The molecule has 0 bridgehead atoms. The van der Waals surface area contributed by atoms with Crippen molar-refractivity contribution >= 4 is 47.7 Å². The molecular weight excluding hydrogens is 1080 g/mol. The van der Waals surface area contributed by atoms with Gasteiger partial charge in [0.25, 0.3) is 0 Å². The number of methoxy groups -OCH3 is 4. The maximum Gasteiger partial charge on any atom is 4.00 e. The standard InChI is InChI=1S/C18H15P.2C8H10.2C6H8O4.C5H5N.8CH3.2Ru/c1-4-10-16(11-5-1)19(17-12-6-2-7-13-17)18-14-8-3-9-15-18;2*1-2-4-6-8-7-5-3-1;2*1-9-5(7)3-4-6(8)10-2;1-2-4-6-5-3-1;;;;;;;;;;/h1-15H;2*1-6H,7-8H2;2*3-4H,1-2H3;1-5H;8*1H3;;/q;;;;;;8*-1;2*+4/p+1/b;2*2-1?,5-3-,6-4?;;;;;;;;;;;;;. The van der Waals surface area contributed by atoms with E-state index in [4.69, 9.17) is 0 Å². The molecule has 0 atom stereocenters. The van der Waals surface area contributed by atoms with Crippen LogP contribution in [0, 0.1) is 59.4 Å². The van der Waals surface area contributed by atoms with Gasteiger partial charge in [-0.2, -0.15) is 0 Å². The summed E-state index contributed by atoms with van der Waals surface area (Å²) >= 11 is 0. The van der Waals surface area contributed by atoms with E-state index < -0.39 is 31.8 Å². The van der Waals surface area contributed by atoms with Crippen LogP contribution >= 0.6 is 7.92 Å². The second-order valence-corrected chi connectivity index (χ2v) is 14.4. The number of carbonyl (C=O) groups is 4. The Morgan fingerprint density at radius 3 is 0.746 bits per heavy atom. The van der Waals surface area contributed by atoms with E-state index in [1.54, 1.807) is 12.4 Å². The first-order valence-electron chi connectivity index (χ1n) is 19.4. The van der Waals surface area contributed by atoms with Crippen molar-refractivity contribution in [3.63, 3.8) is 0 Å². The minimum absolute atomic E-state index is 0. The maximum atomic E-state index is 10.3. The summed E-state index contributed by atoms with van der Waals surface area (Å²) in [7, 11) is 4.03. The van der Waals surface area contributed by atoms with Gasteiger partial charge in [-0.3, -0.25) is 4.98 Å². The Balaban J connectivity index is -0.0000000797. The third-order valence-electron chi connectivity index (χ3n) is 7.48. The number of benzene rings is 3. The number of carbonyl (C=O) groups excluding carboxylic acids is 4. The number of nitrogens with zero attached hydrogens (tertiary/aromatic N) is 1. The van der Waals surface area contributed by atoms with E-state index in [0.717, 1.165) is 24.3 Å². The molecule has 4 aromatic rings. The summed E-state index contributed by atoms with van der Waals surface area (Å²) in [5, 5.41) is 4.31. The molecule has 2 aliphatic carbocycles. The van der Waals surface area contributed by atoms with Gasteiger partial charge in [-0.15, -0.1) is 0 Å². The SMILES string of the molecule is C1=C/C=C\CCC=C1.C1=C/C=C\CCC=C1.COC(=O)C=CC(=O)OC.COC(=O)C=CC(=O)OC.[CH3-].[CH3-].[CH3-].[CH3-].[CH3-].[CH3-].[CH3-].[CH3-].[Ru+4].[Ru+4].c1ccc([PH+](c2ccccc2)c2ccccc2)cc1.c1ccncc1. The summed E-state index contributed by atoms with van der Waals surface area (Å²) in [5.41, 5.74) is 0. The van der Waals surface area contributed by atoms with Crippen LogP contribution in [0.25, 0.3) is 0 Å². The van der Waals surface area contributed by atoms with Crippen molar-refractivity contribution in [2.75, 3.05) is 28.4 Å². The zero-order valence-electron chi connectivity index (χ0n) is 44.0. The smallest absolute Gasteiger partial charge is 0.466 e. The van der Waals surface area contributed by atoms with Gasteiger partial charge in [0.15, 0.2) is 0 Å². The number of rotatable bonds is 7. The number of aromatic nitrogens is 1. The molecule has 71 heavy (non-hydrogen) atoms. The van der Waals surface area contributed by atoms with Crippen molar-refractivity contribution in [1.29, 1.82) is 0 Å². The van der Waals surface area contributed by atoms with E-state index in [2.05, 4.69) is 188 Å². The van der Waals surface area contributed by atoms with Gasteiger partial charge in [-0.25, -0.2) is 19.2 Å². The van der Waals surface area contributed by atoms with Crippen LogP contribution in [-0.4, -0.2) is 57.3 Å². The summed E-state index contributed by atoms with van der Waals surface area (Å²) in [6.07, 6.45) is 37.5. The summed E-state index contributed by atoms with van der Waals surface area (Å²) in [5.74, 6) is -2.31. The summed E-state index contributed by atoms with van der Waals surface area (Å²) in [6.45, 7) is 0. The molecule has 0 aliphatic heterocycles. The number of esters is 4. The summed E-state index contributed by atoms with van der Waals surface area (Å²) in [6, 6.07) is 38.2. The van der Waals surface area contributed by atoms with Crippen molar-refractivity contribution in [2.24, 2.45) is 0 Å². The topological polar surface area (TPSA) is 118 Å². The van der Waals surface area contributed by atoms with Crippen LogP contribution in [0.2, 0.25) is 0 Å². The van der Waals surface area contributed by atoms with E-state index in [9.17, 15) is 19.2 Å². The number of allylic oxidation sites excluding steroid dienone is 12. The molecular formula is C59H81NO8PRu2+. The van der Waals surface area contributed by atoms with Crippen LogP contribution in [0.5, 0.6) is 0 Å². The van der Waals surface area contributed by atoms with Crippen molar-refractivity contribution in [2.45, 2.75) is 25.7 Å². The first-order valence-corrected chi connectivity index (χ1v) is 20.9. The Bertz CT molecular complexity index is 1760. The molecule has 0 saturated carbocycles. The van der Waals surface area contributed by atoms with E-state index in [-0.39, 0.29) is 98.4 Å². The van der Waals surface area contributed by atoms with E-state index in [0.29, 0.717) is 0 Å². The molecule has 390 valence electrons. The van der Waals surface area contributed by atoms with Crippen molar-refractivity contribution in [1.82, 2.24) is 4.98 Å². The molecule has 0 amide bonds. The van der Waals surface area contributed by atoms with E-state index >= 15 is 0 Å². The fourth-order valence-electron chi connectivity index (χ4n) is 4.51. The third-order valence-corrected chi connectivity index (χ3v) is 10.2. The Labute approximate surface area is 459 Å². The molecule has 0 N–H and O–H groups in total. The average molecular weight is 1170 g/mol. The van der Waals surface area contributed by atoms with Gasteiger partial charge < -0.3 is 78.4 Å². The van der Waals surface area contributed by atoms with Gasteiger partial charge >= 0.3 is 62.8 Å². The summed E-state index contributed by atoms with van der Waals surface area (Å²) < 4.78 is 16.8. The monoisotopic (exact) mass is 1170 g/mol. The van der Waals surface area contributed by atoms with Gasteiger partial charge in [0.1, 0.15) is 15.9 Å². The molecule has 9 nitrogen and oxygen atoms in total. The van der Waals surface area contributed by atoms with Crippen LogP contribution in [-0.2, 0) is 77.1 Å². The second kappa shape index (κ2) is 64.3. The van der Waals surface area contributed by atoms with Gasteiger partial charge in [-0.05, 0) is 74.2 Å². The average Bonchev–Trinajstić information content (AvgIpc) is 3.29. The van der Waals surface area contributed by atoms with Crippen molar-refractivity contribution < 1.29 is 77.1 Å². The minimum Gasteiger partial charge on any atom is -0.466 e. The Kier molecular flexibility index (Phi) is 79.9. The molecule has 1 heterocycles. The molecule has 3 aromatic carbocycles. The van der Waals surface area contributed by atoms with Gasteiger partial charge in [0, 0.05) is 36.7 Å². The molecule has 6 rings (SSSR count). The van der Waals surface area contributed by atoms with Gasteiger partial charge in [0.2, 0.25) is 0 Å². The molecule has 12 heteroatoms. The van der Waals surface area contributed by atoms with Gasteiger partial charge in [-0.1, -0.05) is 134 Å². The normalized spacial score (nSPS) is 11.1. The molecule has 1 aromatic heterocycles. The van der Waals surface area contributed by atoms with E-state index in [1.165, 1.54) is 70.0 Å². The Morgan fingerprint density at radius 1 is 0.366 bits per heavy atom. The Morgan fingerprint density at radius 2 is 0.577 bits per heavy atom. The van der Waals surface area contributed by atoms with Crippen LogP contribution in [0.3, 0.4) is 0 Å². The molecule has 0 saturated heterocycles. The summed E-state index contributed by atoms with van der Waals surface area (Å²) in [4.78, 5) is 45.0. The fraction of sp³-hybridized carbons (Fsp3) is 0.136. The zero-order valence-corrected chi connectivity index (χ0v) is 48.5. The predicted octanol–water partition coefficient (Wildman–Crippen LogP) is 12.5. The molecule has 0 radical (unpaired) electrons. The zero-order chi connectivity index (χ0) is 44.4. The quantitative estimate of drug-likeness (QED) is 0.0445. The molecule has 0 unspecified atom stereocenters.